The molecular weight excluding hydrogens is 547 g/mol. The topological polar surface area (TPSA) is 137 Å². The summed E-state index contributed by atoms with van der Waals surface area (Å²) in [5, 5.41) is 15.9. The van der Waals surface area contributed by atoms with Crippen LogP contribution in [0.1, 0.15) is 55.2 Å². The highest BCUT2D eigenvalue weighted by Crippen LogP contribution is 2.36. The van der Waals surface area contributed by atoms with Gasteiger partial charge in [-0.2, -0.15) is 0 Å². The molecule has 0 aliphatic heterocycles. The number of carbonyl (C=O) groups is 2. The Bertz CT molecular complexity index is 1470. The highest BCUT2D eigenvalue weighted by atomic mass is 32.2. The molecule has 4 N–H and O–H groups in total. The van der Waals surface area contributed by atoms with Gasteiger partial charge in [-0.3, -0.25) is 14.6 Å². The Morgan fingerprint density at radius 2 is 1.93 bits per heavy atom. The third-order valence-electron chi connectivity index (χ3n) is 7.27. The predicted octanol–water partition coefficient (Wildman–Crippen LogP) is 3.34. The Morgan fingerprint density at radius 1 is 1.12 bits per heavy atom. The van der Waals surface area contributed by atoms with Crippen LogP contribution in [0, 0.1) is 5.82 Å². The lowest BCUT2D eigenvalue weighted by molar-refractivity contribution is -0.129. The van der Waals surface area contributed by atoms with Crippen molar-refractivity contribution in [2.45, 2.75) is 68.3 Å². The number of aromatic nitrogens is 1. The number of rotatable bonds is 12. The minimum atomic E-state index is -4.00. The first-order chi connectivity index (χ1) is 19.6. The quantitative estimate of drug-likeness (QED) is 0.242. The van der Waals surface area contributed by atoms with Gasteiger partial charge >= 0.3 is 0 Å². The molecule has 2 unspecified atom stereocenters. The number of pyridine rings is 1. The molecule has 0 radical (unpaired) electrons. The van der Waals surface area contributed by atoms with Gasteiger partial charge in [-0.05, 0) is 85.5 Å². The molecular formula is C30H35FN4O5S. The lowest BCUT2D eigenvalue weighted by atomic mass is 9.76. The van der Waals surface area contributed by atoms with E-state index in [1.54, 1.807) is 24.5 Å². The summed E-state index contributed by atoms with van der Waals surface area (Å²) in [5.41, 5.74) is 3.12. The van der Waals surface area contributed by atoms with E-state index in [0.717, 1.165) is 22.8 Å². The van der Waals surface area contributed by atoms with Crippen LogP contribution in [0.4, 0.5) is 4.39 Å². The molecule has 3 atom stereocenters. The number of aromatic hydroxyl groups is 1. The fourth-order valence-corrected chi connectivity index (χ4v) is 6.47. The number of phenols is 1. The Kier molecular flexibility index (Phi) is 10.1. The molecule has 0 saturated carbocycles. The van der Waals surface area contributed by atoms with Crippen molar-refractivity contribution in [3.8, 4) is 5.75 Å². The van der Waals surface area contributed by atoms with Gasteiger partial charge in [0, 0.05) is 37.8 Å². The second-order valence-corrected chi connectivity index (χ2v) is 12.0. The van der Waals surface area contributed by atoms with E-state index in [4.69, 9.17) is 0 Å². The third kappa shape index (κ3) is 8.11. The lowest BCUT2D eigenvalue weighted by Crippen LogP contribution is -2.51. The van der Waals surface area contributed by atoms with Gasteiger partial charge in [0.15, 0.2) is 0 Å². The minimum absolute atomic E-state index is 0.0572. The summed E-state index contributed by atoms with van der Waals surface area (Å²) in [5.74, 6) is -1.34. The van der Waals surface area contributed by atoms with Crippen molar-refractivity contribution in [3.63, 3.8) is 0 Å². The van der Waals surface area contributed by atoms with Gasteiger partial charge in [-0.15, -0.1) is 0 Å². The Balaban J connectivity index is 1.39. The third-order valence-corrected chi connectivity index (χ3v) is 8.77. The van der Waals surface area contributed by atoms with E-state index in [1.807, 2.05) is 18.2 Å². The maximum Gasteiger partial charge on any atom is 0.243 e. The van der Waals surface area contributed by atoms with Gasteiger partial charge in [-0.1, -0.05) is 24.3 Å². The van der Waals surface area contributed by atoms with Crippen LogP contribution in [-0.2, 0) is 32.5 Å². The van der Waals surface area contributed by atoms with E-state index >= 15 is 0 Å². The zero-order valence-corrected chi connectivity index (χ0v) is 23.7. The number of unbranched alkanes of at least 4 members (excludes halogenated alkanes) is 1. The van der Waals surface area contributed by atoms with Crippen molar-refractivity contribution in [1.29, 1.82) is 0 Å². The highest BCUT2D eigenvalue weighted by Gasteiger charge is 2.33. The van der Waals surface area contributed by atoms with Gasteiger partial charge in [0.2, 0.25) is 21.8 Å². The standard InChI is InChI=1S/C30H35FN4O5S/c1-20(36)34-28(9-4-5-16-33-41(39,40)29-10-3-2-8-26(29)31)30(38)35-27-14-11-22-18-23(37)12-13-24(22)25(27)17-21-7-6-15-32-19-21/h2-3,6-8,10,12-13,15,18-19,25,27-28,33,37H,4-5,9,11,14,16-17H2,1H3,(H,34,36)(H,35,38)/t25?,27?,28-/m0/s1. The smallest absolute Gasteiger partial charge is 0.243 e. The van der Waals surface area contributed by atoms with Crippen LogP contribution < -0.4 is 15.4 Å². The molecule has 1 aliphatic carbocycles. The summed E-state index contributed by atoms with van der Waals surface area (Å²) in [6, 6.07) is 13.3. The molecule has 1 heterocycles. The van der Waals surface area contributed by atoms with Crippen molar-refractivity contribution in [1.82, 2.24) is 20.3 Å². The van der Waals surface area contributed by atoms with Gasteiger partial charge < -0.3 is 15.7 Å². The van der Waals surface area contributed by atoms with Gasteiger partial charge in [0.05, 0.1) is 0 Å². The van der Waals surface area contributed by atoms with Crippen molar-refractivity contribution < 1.29 is 27.5 Å². The Morgan fingerprint density at radius 3 is 2.66 bits per heavy atom. The molecule has 2 amide bonds. The van der Waals surface area contributed by atoms with E-state index in [1.165, 1.54) is 25.1 Å². The number of aryl methyl sites for hydroxylation is 1. The van der Waals surface area contributed by atoms with E-state index in [2.05, 4.69) is 20.3 Å². The molecule has 11 heteroatoms. The van der Waals surface area contributed by atoms with Crippen molar-refractivity contribution in [3.05, 3.63) is 89.5 Å². The molecule has 1 aliphatic rings. The van der Waals surface area contributed by atoms with Crippen LogP contribution in [0.5, 0.6) is 5.75 Å². The largest absolute Gasteiger partial charge is 0.508 e. The zero-order chi connectivity index (χ0) is 29.4. The number of amides is 2. The van der Waals surface area contributed by atoms with E-state index in [-0.39, 0.29) is 36.1 Å². The average molecular weight is 583 g/mol. The Labute approximate surface area is 239 Å². The second kappa shape index (κ2) is 13.7. The number of phenolic OH excluding ortho intramolecular Hbond substituents is 1. The molecule has 0 bridgehead atoms. The molecule has 41 heavy (non-hydrogen) atoms. The number of halogens is 1. The van der Waals surface area contributed by atoms with Crippen LogP contribution in [0.15, 0.2) is 71.9 Å². The number of hydrogen-bond acceptors (Lipinski definition) is 6. The first-order valence-corrected chi connectivity index (χ1v) is 15.1. The van der Waals surface area contributed by atoms with E-state index in [9.17, 15) is 27.5 Å². The number of hydrogen-bond donors (Lipinski definition) is 4. The van der Waals surface area contributed by atoms with E-state index in [0.29, 0.717) is 38.5 Å². The second-order valence-electron chi connectivity index (χ2n) is 10.3. The number of sulfonamides is 1. The number of carbonyl (C=O) groups excluding carboxylic acids is 2. The van der Waals surface area contributed by atoms with Gasteiger partial charge in [0.25, 0.3) is 0 Å². The first-order valence-electron chi connectivity index (χ1n) is 13.7. The number of benzene rings is 2. The van der Waals surface area contributed by atoms with Crippen LogP contribution in [0.2, 0.25) is 0 Å². The highest BCUT2D eigenvalue weighted by molar-refractivity contribution is 7.89. The molecule has 4 rings (SSSR count). The summed E-state index contributed by atoms with van der Waals surface area (Å²) in [7, 11) is -4.00. The van der Waals surface area contributed by atoms with Crippen molar-refractivity contribution in [2.24, 2.45) is 0 Å². The van der Waals surface area contributed by atoms with Gasteiger partial charge in [-0.25, -0.2) is 17.5 Å². The normalized spacial score (nSPS) is 17.3. The molecule has 0 saturated heterocycles. The van der Waals surface area contributed by atoms with E-state index < -0.39 is 26.8 Å². The van der Waals surface area contributed by atoms with Crippen LogP contribution in [-0.4, -0.2) is 49.0 Å². The number of nitrogens with one attached hydrogen (secondary N) is 3. The molecule has 1 aromatic heterocycles. The lowest BCUT2D eigenvalue weighted by Gasteiger charge is -2.35. The summed E-state index contributed by atoms with van der Waals surface area (Å²) < 4.78 is 41.1. The van der Waals surface area contributed by atoms with Crippen molar-refractivity contribution >= 4 is 21.8 Å². The average Bonchev–Trinajstić information content (AvgIpc) is 2.93. The predicted molar refractivity (Wildman–Crippen MR) is 152 cm³/mol. The van der Waals surface area contributed by atoms with Crippen molar-refractivity contribution in [2.75, 3.05) is 6.54 Å². The molecule has 0 spiro atoms. The van der Waals surface area contributed by atoms with Crippen LogP contribution >= 0.6 is 0 Å². The fraction of sp³-hybridized carbons (Fsp3) is 0.367. The summed E-state index contributed by atoms with van der Waals surface area (Å²) in [6.45, 7) is 1.40. The summed E-state index contributed by atoms with van der Waals surface area (Å²) in [6.07, 6.45) is 6.64. The molecule has 0 fully saturated rings. The maximum atomic E-state index is 13.9. The van der Waals surface area contributed by atoms with Crippen LogP contribution in [0.3, 0.4) is 0 Å². The van der Waals surface area contributed by atoms with Gasteiger partial charge in [0.1, 0.15) is 22.5 Å². The molecule has 3 aromatic rings. The summed E-state index contributed by atoms with van der Waals surface area (Å²) >= 11 is 0. The Hall–Kier alpha value is -3.83. The fourth-order valence-electron chi connectivity index (χ4n) is 5.32. The number of nitrogens with zero attached hydrogens (tertiary/aromatic N) is 1. The minimum Gasteiger partial charge on any atom is -0.508 e. The maximum absolute atomic E-state index is 13.9. The molecule has 9 nitrogen and oxygen atoms in total. The molecule has 218 valence electrons. The summed E-state index contributed by atoms with van der Waals surface area (Å²) in [4.78, 5) is 29.1. The zero-order valence-electron chi connectivity index (χ0n) is 22.8. The first kappa shape index (κ1) is 30.1. The number of fused-ring (bicyclic) bond motifs is 1. The molecule has 2 aromatic carbocycles. The SMILES string of the molecule is CC(=O)N[C@@H](CCCCNS(=O)(=O)c1ccccc1F)C(=O)NC1CCc2cc(O)ccc2C1Cc1cccnc1. The monoisotopic (exact) mass is 582 g/mol. The van der Waals surface area contributed by atoms with Crippen LogP contribution in [0.25, 0.3) is 0 Å².